The highest BCUT2D eigenvalue weighted by atomic mass is 79.9. The Kier molecular flexibility index (Phi) is 4.34. The van der Waals surface area contributed by atoms with Gasteiger partial charge in [0.05, 0.1) is 6.54 Å². The number of hydrogen-bond donors (Lipinski definition) is 2. The van der Waals surface area contributed by atoms with E-state index in [0.29, 0.717) is 9.35 Å². The Morgan fingerprint density at radius 1 is 1.62 bits per heavy atom. The molecule has 1 amide bonds. The third kappa shape index (κ3) is 4.11. The van der Waals surface area contributed by atoms with Gasteiger partial charge in [0.25, 0.3) is 0 Å². The van der Waals surface area contributed by atoms with E-state index in [0.717, 1.165) is 11.3 Å². The highest BCUT2D eigenvalue weighted by molar-refractivity contribution is 9.10. The Hall–Kier alpha value is -0.600. The van der Waals surface area contributed by atoms with E-state index in [4.69, 9.17) is 5.73 Å². The molecule has 0 fully saturated rings. The first-order chi connectivity index (χ1) is 7.29. The molecular formula is C8H8BrF3N2OS. The maximum atomic E-state index is 12.0. The van der Waals surface area contributed by atoms with E-state index in [1.807, 2.05) is 0 Å². The SMILES string of the molecule is NC(=O)[C@@H](NCC(F)(F)F)c1cc(Br)cs1. The number of amides is 1. The van der Waals surface area contributed by atoms with Gasteiger partial charge in [-0.15, -0.1) is 11.3 Å². The Morgan fingerprint density at radius 2 is 2.25 bits per heavy atom. The summed E-state index contributed by atoms with van der Waals surface area (Å²) in [5, 5.41) is 3.75. The lowest BCUT2D eigenvalue weighted by Gasteiger charge is -2.15. The fraction of sp³-hybridized carbons (Fsp3) is 0.375. The fourth-order valence-electron chi connectivity index (χ4n) is 1.04. The first kappa shape index (κ1) is 13.5. The van der Waals surface area contributed by atoms with Crippen molar-refractivity contribution in [3.8, 4) is 0 Å². The van der Waals surface area contributed by atoms with Gasteiger partial charge in [0.2, 0.25) is 5.91 Å². The lowest BCUT2D eigenvalue weighted by Crippen LogP contribution is -2.38. The summed E-state index contributed by atoms with van der Waals surface area (Å²) in [6.45, 7) is -1.25. The van der Waals surface area contributed by atoms with Crippen LogP contribution in [-0.4, -0.2) is 18.6 Å². The molecule has 1 heterocycles. The molecule has 0 spiro atoms. The molecule has 0 saturated heterocycles. The van der Waals surface area contributed by atoms with Crippen LogP contribution < -0.4 is 11.1 Å². The molecule has 3 nitrogen and oxygen atoms in total. The topological polar surface area (TPSA) is 55.1 Å². The number of nitrogens with one attached hydrogen (secondary N) is 1. The van der Waals surface area contributed by atoms with E-state index in [2.05, 4.69) is 21.2 Å². The summed E-state index contributed by atoms with van der Waals surface area (Å²) >= 11 is 4.31. The molecule has 0 unspecified atom stereocenters. The van der Waals surface area contributed by atoms with Crippen molar-refractivity contribution in [3.63, 3.8) is 0 Å². The van der Waals surface area contributed by atoms with Gasteiger partial charge in [-0.3, -0.25) is 10.1 Å². The Bertz CT molecular complexity index is 380. The summed E-state index contributed by atoms with van der Waals surface area (Å²) in [5.74, 6) is -0.835. The summed E-state index contributed by atoms with van der Waals surface area (Å²) < 4.78 is 36.6. The number of primary amides is 1. The van der Waals surface area contributed by atoms with Crippen LogP contribution in [0.4, 0.5) is 13.2 Å². The van der Waals surface area contributed by atoms with Crippen LogP contribution in [0.3, 0.4) is 0 Å². The van der Waals surface area contributed by atoms with Crippen molar-refractivity contribution in [2.75, 3.05) is 6.54 Å². The maximum absolute atomic E-state index is 12.0. The zero-order valence-electron chi connectivity index (χ0n) is 7.84. The van der Waals surface area contributed by atoms with Crippen molar-refractivity contribution in [2.45, 2.75) is 12.2 Å². The van der Waals surface area contributed by atoms with Crippen molar-refractivity contribution >= 4 is 33.2 Å². The molecule has 0 aromatic carbocycles. The van der Waals surface area contributed by atoms with Crippen molar-refractivity contribution in [1.29, 1.82) is 0 Å². The molecule has 16 heavy (non-hydrogen) atoms. The van der Waals surface area contributed by atoms with Gasteiger partial charge in [0, 0.05) is 14.7 Å². The van der Waals surface area contributed by atoms with Gasteiger partial charge in [0.1, 0.15) is 6.04 Å². The van der Waals surface area contributed by atoms with Gasteiger partial charge < -0.3 is 5.73 Å². The second-order valence-corrected chi connectivity index (χ2v) is 4.86. The van der Waals surface area contributed by atoms with Crippen LogP contribution in [0.2, 0.25) is 0 Å². The lowest BCUT2D eigenvalue weighted by atomic mass is 10.2. The highest BCUT2D eigenvalue weighted by Crippen LogP contribution is 2.26. The minimum absolute atomic E-state index is 0.448. The maximum Gasteiger partial charge on any atom is 0.401 e. The molecule has 0 aliphatic carbocycles. The zero-order valence-corrected chi connectivity index (χ0v) is 10.2. The number of carbonyl (C=O) groups is 1. The third-order valence-corrected chi connectivity index (χ3v) is 3.42. The number of halogens is 4. The molecule has 0 bridgehead atoms. The van der Waals surface area contributed by atoms with Crippen molar-refractivity contribution in [2.24, 2.45) is 5.73 Å². The second-order valence-electron chi connectivity index (χ2n) is 3.00. The minimum atomic E-state index is -4.37. The molecule has 90 valence electrons. The van der Waals surface area contributed by atoms with E-state index in [-0.39, 0.29) is 0 Å². The molecule has 0 saturated carbocycles. The average Bonchev–Trinajstić information content (AvgIpc) is 2.49. The smallest absolute Gasteiger partial charge is 0.368 e. The van der Waals surface area contributed by atoms with Crippen LogP contribution in [0.1, 0.15) is 10.9 Å². The van der Waals surface area contributed by atoms with Crippen molar-refractivity contribution in [1.82, 2.24) is 5.32 Å². The van der Waals surface area contributed by atoms with Crippen LogP contribution in [0.15, 0.2) is 15.9 Å². The number of nitrogens with two attached hydrogens (primary N) is 1. The molecule has 0 aliphatic heterocycles. The molecule has 0 aliphatic rings. The van der Waals surface area contributed by atoms with Gasteiger partial charge in [-0.2, -0.15) is 13.2 Å². The van der Waals surface area contributed by atoms with Gasteiger partial charge in [-0.25, -0.2) is 0 Å². The van der Waals surface area contributed by atoms with E-state index < -0.39 is 24.7 Å². The van der Waals surface area contributed by atoms with E-state index in [9.17, 15) is 18.0 Å². The van der Waals surface area contributed by atoms with E-state index in [1.165, 1.54) is 0 Å². The molecule has 1 atom stereocenters. The molecule has 1 rings (SSSR count). The average molecular weight is 317 g/mol. The minimum Gasteiger partial charge on any atom is -0.368 e. The molecular weight excluding hydrogens is 309 g/mol. The number of carbonyl (C=O) groups excluding carboxylic acids is 1. The van der Waals surface area contributed by atoms with Gasteiger partial charge >= 0.3 is 6.18 Å². The van der Waals surface area contributed by atoms with E-state index >= 15 is 0 Å². The standard InChI is InChI=1S/C8H8BrF3N2OS/c9-4-1-5(16-2-4)6(7(13)15)14-3-8(10,11)12/h1-2,6,14H,3H2,(H2,13,15)/t6-/m0/s1. The fourth-order valence-corrected chi connectivity index (χ4v) is 2.56. The van der Waals surface area contributed by atoms with Crippen LogP contribution >= 0.6 is 27.3 Å². The Morgan fingerprint density at radius 3 is 2.62 bits per heavy atom. The molecule has 0 radical (unpaired) electrons. The normalized spacial score (nSPS) is 13.8. The molecule has 8 heteroatoms. The molecule has 3 N–H and O–H groups in total. The number of rotatable bonds is 4. The van der Waals surface area contributed by atoms with Crippen LogP contribution in [0, 0.1) is 0 Å². The monoisotopic (exact) mass is 316 g/mol. The largest absolute Gasteiger partial charge is 0.401 e. The predicted molar refractivity (Wildman–Crippen MR) is 58.0 cm³/mol. The first-order valence-corrected chi connectivity index (χ1v) is 5.80. The number of alkyl halides is 3. The summed E-state index contributed by atoms with van der Waals surface area (Å²) in [7, 11) is 0. The van der Waals surface area contributed by atoms with Gasteiger partial charge in [-0.05, 0) is 22.0 Å². The lowest BCUT2D eigenvalue weighted by molar-refractivity contribution is -0.130. The second kappa shape index (κ2) is 5.15. The Labute approximate surface area is 102 Å². The summed E-state index contributed by atoms with van der Waals surface area (Å²) in [6.07, 6.45) is -4.37. The van der Waals surface area contributed by atoms with Crippen molar-refractivity contribution in [3.05, 3.63) is 20.8 Å². The quantitative estimate of drug-likeness (QED) is 0.894. The van der Waals surface area contributed by atoms with Crippen LogP contribution in [0.5, 0.6) is 0 Å². The molecule has 1 aromatic rings. The number of hydrogen-bond acceptors (Lipinski definition) is 3. The highest BCUT2D eigenvalue weighted by Gasteiger charge is 2.30. The summed E-state index contributed by atoms with van der Waals surface area (Å²) in [4.78, 5) is 11.5. The van der Waals surface area contributed by atoms with Gasteiger partial charge in [-0.1, -0.05) is 0 Å². The van der Waals surface area contributed by atoms with Gasteiger partial charge in [0.15, 0.2) is 0 Å². The van der Waals surface area contributed by atoms with Crippen LogP contribution in [0.25, 0.3) is 0 Å². The number of thiophene rings is 1. The summed E-state index contributed by atoms with van der Waals surface area (Å²) in [5.41, 5.74) is 5.03. The third-order valence-electron chi connectivity index (χ3n) is 1.66. The summed E-state index contributed by atoms with van der Waals surface area (Å²) in [6, 6.07) is 0.446. The van der Waals surface area contributed by atoms with E-state index in [1.54, 1.807) is 11.4 Å². The predicted octanol–water partition coefficient (Wildman–Crippen LogP) is 2.19. The first-order valence-electron chi connectivity index (χ1n) is 4.13. The van der Waals surface area contributed by atoms with Crippen molar-refractivity contribution < 1.29 is 18.0 Å². The zero-order chi connectivity index (χ0) is 12.3. The van der Waals surface area contributed by atoms with Crippen LogP contribution in [-0.2, 0) is 4.79 Å². The Balaban J connectivity index is 2.73. The molecule has 1 aromatic heterocycles.